The monoisotopic (exact) mass is 338 g/mol. The van der Waals surface area contributed by atoms with E-state index in [2.05, 4.69) is 22.2 Å². The maximum atomic E-state index is 5.17. The van der Waals surface area contributed by atoms with Gasteiger partial charge in [-0.15, -0.1) is 10.2 Å². The number of ether oxygens (including phenoxy) is 1. The lowest BCUT2D eigenvalue weighted by Crippen LogP contribution is -1.97. The molecule has 0 aliphatic rings. The Morgan fingerprint density at radius 3 is 2.50 bits per heavy atom. The quantitative estimate of drug-likeness (QED) is 0.504. The summed E-state index contributed by atoms with van der Waals surface area (Å²) in [5, 5.41) is 13.9. The summed E-state index contributed by atoms with van der Waals surface area (Å²) >= 11 is 1.61. The summed E-state index contributed by atoms with van der Waals surface area (Å²) in [6.07, 6.45) is 1.80. The first-order chi connectivity index (χ1) is 11.8. The SMILES string of the molecule is CCSc1nnc(-c2ccccc2)n1N=Cc1ccc(OC)cc1. The van der Waals surface area contributed by atoms with Crippen molar-refractivity contribution in [3.8, 4) is 17.1 Å². The zero-order valence-corrected chi connectivity index (χ0v) is 14.4. The summed E-state index contributed by atoms with van der Waals surface area (Å²) < 4.78 is 6.96. The lowest BCUT2D eigenvalue weighted by atomic mass is 10.2. The third-order valence-corrected chi connectivity index (χ3v) is 4.16. The molecule has 0 fully saturated rings. The van der Waals surface area contributed by atoms with Gasteiger partial charge in [-0.05, 0) is 35.6 Å². The first-order valence-electron chi connectivity index (χ1n) is 7.64. The molecular formula is C18H18N4OS. The highest BCUT2D eigenvalue weighted by atomic mass is 32.2. The Morgan fingerprint density at radius 2 is 1.83 bits per heavy atom. The predicted octanol–water partition coefficient (Wildman–Crippen LogP) is 3.95. The highest BCUT2D eigenvalue weighted by Crippen LogP contribution is 2.23. The molecule has 0 spiro atoms. The highest BCUT2D eigenvalue weighted by Gasteiger charge is 2.12. The lowest BCUT2D eigenvalue weighted by molar-refractivity contribution is 0.415. The van der Waals surface area contributed by atoms with Crippen molar-refractivity contribution in [1.82, 2.24) is 14.9 Å². The first-order valence-corrected chi connectivity index (χ1v) is 8.62. The third-order valence-electron chi connectivity index (χ3n) is 3.36. The number of benzene rings is 2. The van der Waals surface area contributed by atoms with Crippen molar-refractivity contribution < 1.29 is 4.74 Å². The maximum absolute atomic E-state index is 5.17. The van der Waals surface area contributed by atoms with Crippen LogP contribution in [0.2, 0.25) is 0 Å². The minimum atomic E-state index is 0.733. The molecule has 0 saturated carbocycles. The smallest absolute Gasteiger partial charge is 0.212 e. The fourth-order valence-corrected chi connectivity index (χ4v) is 2.78. The average Bonchev–Trinajstić information content (AvgIpc) is 3.04. The number of thioether (sulfide) groups is 1. The van der Waals surface area contributed by atoms with Crippen LogP contribution in [0.25, 0.3) is 11.4 Å². The number of rotatable bonds is 6. The minimum absolute atomic E-state index is 0.733. The molecule has 0 saturated heterocycles. The minimum Gasteiger partial charge on any atom is -0.497 e. The van der Waals surface area contributed by atoms with Gasteiger partial charge < -0.3 is 4.74 Å². The van der Waals surface area contributed by atoms with E-state index in [0.29, 0.717) is 0 Å². The summed E-state index contributed by atoms with van der Waals surface area (Å²) in [5.41, 5.74) is 1.97. The molecule has 5 nitrogen and oxygen atoms in total. The van der Waals surface area contributed by atoms with E-state index >= 15 is 0 Å². The molecule has 24 heavy (non-hydrogen) atoms. The Balaban J connectivity index is 1.95. The Morgan fingerprint density at radius 1 is 1.08 bits per heavy atom. The molecule has 0 radical (unpaired) electrons. The van der Waals surface area contributed by atoms with E-state index in [1.165, 1.54) is 0 Å². The van der Waals surface area contributed by atoms with Crippen LogP contribution in [0.1, 0.15) is 12.5 Å². The second-order valence-electron chi connectivity index (χ2n) is 4.93. The van der Waals surface area contributed by atoms with Crippen molar-refractivity contribution in [2.45, 2.75) is 12.1 Å². The van der Waals surface area contributed by atoms with E-state index in [-0.39, 0.29) is 0 Å². The summed E-state index contributed by atoms with van der Waals surface area (Å²) in [4.78, 5) is 0. The molecule has 0 N–H and O–H groups in total. The second-order valence-corrected chi connectivity index (χ2v) is 6.17. The zero-order chi connectivity index (χ0) is 16.8. The predicted molar refractivity (Wildman–Crippen MR) is 97.8 cm³/mol. The van der Waals surface area contributed by atoms with Gasteiger partial charge in [0.25, 0.3) is 0 Å². The molecule has 0 aliphatic carbocycles. The van der Waals surface area contributed by atoms with Gasteiger partial charge in [-0.1, -0.05) is 49.0 Å². The van der Waals surface area contributed by atoms with Crippen molar-refractivity contribution >= 4 is 18.0 Å². The van der Waals surface area contributed by atoms with E-state index < -0.39 is 0 Å². The Labute approximate surface area is 145 Å². The van der Waals surface area contributed by atoms with E-state index in [1.54, 1.807) is 29.8 Å². The van der Waals surface area contributed by atoms with Crippen LogP contribution in [0.15, 0.2) is 64.9 Å². The van der Waals surface area contributed by atoms with Gasteiger partial charge in [-0.3, -0.25) is 0 Å². The topological polar surface area (TPSA) is 52.3 Å². The summed E-state index contributed by atoms with van der Waals surface area (Å²) in [6.45, 7) is 2.08. The average molecular weight is 338 g/mol. The van der Waals surface area contributed by atoms with E-state index in [1.807, 2.05) is 54.6 Å². The second kappa shape index (κ2) is 7.79. The lowest BCUT2D eigenvalue weighted by Gasteiger charge is -2.04. The van der Waals surface area contributed by atoms with Crippen LogP contribution < -0.4 is 4.74 Å². The number of methoxy groups -OCH3 is 1. The van der Waals surface area contributed by atoms with Crippen LogP contribution in [-0.2, 0) is 0 Å². The molecule has 0 aliphatic heterocycles. The van der Waals surface area contributed by atoms with E-state index in [0.717, 1.165) is 33.6 Å². The first kappa shape index (κ1) is 16.3. The van der Waals surface area contributed by atoms with Crippen molar-refractivity contribution in [2.24, 2.45) is 5.10 Å². The number of hydrogen-bond donors (Lipinski definition) is 0. The van der Waals surface area contributed by atoms with E-state index in [4.69, 9.17) is 4.74 Å². The van der Waals surface area contributed by atoms with Gasteiger partial charge in [0.2, 0.25) is 5.16 Å². The zero-order valence-electron chi connectivity index (χ0n) is 13.6. The fourth-order valence-electron chi connectivity index (χ4n) is 2.17. The standard InChI is InChI=1S/C18H18N4OS/c1-3-24-18-21-20-17(15-7-5-4-6-8-15)22(18)19-13-14-9-11-16(23-2)12-10-14/h4-13H,3H2,1-2H3. The van der Waals surface area contributed by atoms with Crippen LogP contribution in [0.4, 0.5) is 0 Å². The van der Waals surface area contributed by atoms with Gasteiger partial charge in [0.05, 0.1) is 13.3 Å². The fraction of sp³-hybridized carbons (Fsp3) is 0.167. The molecule has 3 aromatic rings. The van der Waals surface area contributed by atoms with Gasteiger partial charge >= 0.3 is 0 Å². The molecule has 6 heteroatoms. The summed E-state index contributed by atoms with van der Waals surface area (Å²) in [7, 11) is 1.65. The Kier molecular flexibility index (Phi) is 5.28. The molecule has 0 unspecified atom stereocenters. The molecule has 0 bridgehead atoms. The van der Waals surface area contributed by atoms with Crippen LogP contribution in [0, 0.1) is 0 Å². The number of hydrogen-bond acceptors (Lipinski definition) is 5. The van der Waals surface area contributed by atoms with Crippen LogP contribution in [0.3, 0.4) is 0 Å². The summed E-state index contributed by atoms with van der Waals surface area (Å²) in [5.74, 6) is 2.46. The molecular weight excluding hydrogens is 320 g/mol. The van der Waals surface area contributed by atoms with Crippen molar-refractivity contribution in [2.75, 3.05) is 12.9 Å². The van der Waals surface area contributed by atoms with Crippen LogP contribution >= 0.6 is 11.8 Å². The van der Waals surface area contributed by atoms with Crippen LogP contribution in [-0.4, -0.2) is 34.0 Å². The van der Waals surface area contributed by atoms with Crippen LogP contribution in [0.5, 0.6) is 5.75 Å². The molecule has 0 atom stereocenters. The van der Waals surface area contributed by atoms with Crippen molar-refractivity contribution in [3.05, 3.63) is 60.2 Å². The Hall–Kier alpha value is -2.60. The normalized spacial score (nSPS) is 11.1. The molecule has 122 valence electrons. The molecule has 1 aromatic heterocycles. The highest BCUT2D eigenvalue weighted by molar-refractivity contribution is 7.99. The number of aromatic nitrogens is 3. The van der Waals surface area contributed by atoms with Gasteiger partial charge in [0, 0.05) is 5.56 Å². The summed E-state index contributed by atoms with van der Waals surface area (Å²) in [6, 6.07) is 17.7. The Bertz CT molecular complexity index is 813. The maximum Gasteiger partial charge on any atom is 0.212 e. The molecule has 0 amide bonds. The van der Waals surface area contributed by atoms with Gasteiger partial charge in [-0.25, -0.2) is 0 Å². The largest absolute Gasteiger partial charge is 0.497 e. The van der Waals surface area contributed by atoms with E-state index in [9.17, 15) is 0 Å². The van der Waals surface area contributed by atoms with Gasteiger partial charge in [0.15, 0.2) is 5.82 Å². The van der Waals surface area contributed by atoms with Gasteiger partial charge in [0.1, 0.15) is 5.75 Å². The molecule has 1 heterocycles. The molecule has 2 aromatic carbocycles. The van der Waals surface area contributed by atoms with Crippen molar-refractivity contribution in [1.29, 1.82) is 0 Å². The third kappa shape index (κ3) is 3.65. The number of nitrogens with zero attached hydrogens (tertiary/aromatic N) is 4. The van der Waals surface area contributed by atoms with Crippen molar-refractivity contribution in [3.63, 3.8) is 0 Å². The van der Waals surface area contributed by atoms with Gasteiger partial charge in [-0.2, -0.15) is 9.78 Å². The molecule has 3 rings (SSSR count).